The Hall–Kier alpha value is -2.89. The van der Waals surface area contributed by atoms with E-state index in [0.717, 1.165) is 22.3 Å². The van der Waals surface area contributed by atoms with Crippen LogP contribution in [0.25, 0.3) is 11.0 Å². The Morgan fingerprint density at radius 2 is 1.86 bits per heavy atom. The molecular formula is C22H28N4O2. The predicted molar refractivity (Wildman–Crippen MR) is 110 cm³/mol. The number of carbonyl (C=O) groups excluding carboxylic acids is 1. The monoisotopic (exact) mass is 380 g/mol. The lowest BCUT2D eigenvalue weighted by atomic mass is 9.90. The van der Waals surface area contributed by atoms with E-state index in [4.69, 9.17) is 4.74 Å². The van der Waals surface area contributed by atoms with Crippen molar-refractivity contribution >= 4 is 16.9 Å². The number of fused-ring (bicyclic) bond motifs is 1. The molecule has 0 saturated heterocycles. The molecule has 0 aliphatic rings. The molecule has 1 aromatic carbocycles. The molecular weight excluding hydrogens is 352 g/mol. The first-order chi connectivity index (χ1) is 13.1. The fourth-order valence-corrected chi connectivity index (χ4v) is 3.11. The average molecular weight is 380 g/mol. The molecule has 1 amide bonds. The third-order valence-corrected chi connectivity index (χ3v) is 4.68. The Morgan fingerprint density at radius 1 is 1.18 bits per heavy atom. The fraction of sp³-hybridized carbons (Fsp3) is 0.409. The summed E-state index contributed by atoms with van der Waals surface area (Å²) in [6.07, 6.45) is 0. The lowest BCUT2D eigenvalue weighted by molar-refractivity contribution is -0.123. The van der Waals surface area contributed by atoms with Crippen LogP contribution in [0, 0.1) is 6.92 Å². The van der Waals surface area contributed by atoms with Gasteiger partial charge in [-0.3, -0.25) is 9.48 Å². The van der Waals surface area contributed by atoms with Gasteiger partial charge in [-0.2, -0.15) is 10.1 Å². The molecule has 3 rings (SSSR count). The maximum Gasteiger partial charge on any atom is 0.258 e. The minimum atomic E-state index is -0.185. The number of benzene rings is 1. The molecule has 28 heavy (non-hydrogen) atoms. The van der Waals surface area contributed by atoms with E-state index in [1.165, 1.54) is 5.56 Å². The molecule has 1 N–H and O–H groups in total. The normalized spacial score (nSPS) is 12.8. The standard InChI is InChI=1S/C22H28N4O2/c1-14-7-9-16(10-8-14)15(2)23-18(27)13-28-19-12-11-17-20(22(3,4)5)25-26(6)21(17)24-19/h7-12,15H,13H2,1-6H3,(H,23,27)/t15-/m0/s1. The summed E-state index contributed by atoms with van der Waals surface area (Å²) in [5.74, 6) is 0.226. The van der Waals surface area contributed by atoms with E-state index in [1.807, 2.05) is 51.2 Å². The molecule has 0 aliphatic carbocycles. The molecule has 0 aliphatic heterocycles. The summed E-state index contributed by atoms with van der Waals surface area (Å²) >= 11 is 0. The van der Waals surface area contributed by atoms with Crippen molar-refractivity contribution in [2.75, 3.05) is 6.61 Å². The molecule has 0 radical (unpaired) electrons. The van der Waals surface area contributed by atoms with Crippen LogP contribution < -0.4 is 10.1 Å². The van der Waals surface area contributed by atoms with Gasteiger partial charge in [0.25, 0.3) is 5.91 Å². The number of rotatable bonds is 5. The Morgan fingerprint density at radius 3 is 2.50 bits per heavy atom. The predicted octanol–water partition coefficient (Wildman–Crippen LogP) is 3.83. The van der Waals surface area contributed by atoms with E-state index in [0.29, 0.717) is 5.88 Å². The van der Waals surface area contributed by atoms with E-state index >= 15 is 0 Å². The van der Waals surface area contributed by atoms with E-state index in [9.17, 15) is 4.79 Å². The smallest absolute Gasteiger partial charge is 0.258 e. The molecule has 6 heteroatoms. The maximum atomic E-state index is 12.3. The summed E-state index contributed by atoms with van der Waals surface area (Å²) in [5.41, 5.74) is 3.92. The van der Waals surface area contributed by atoms with Crippen molar-refractivity contribution in [2.45, 2.75) is 46.1 Å². The number of nitrogens with one attached hydrogen (secondary N) is 1. The largest absolute Gasteiger partial charge is 0.468 e. The number of hydrogen-bond donors (Lipinski definition) is 1. The first-order valence-electron chi connectivity index (χ1n) is 9.48. The highest BCUT2D eigenvalue weighted by atomic mass is 16.5. The highest BCUT2D eigenvalue weighted by molar-refractivity contribution is 5.80. The summed E-state index contributed by atoms with van der Waals surface area (Å²) in [4.78, 5) is 16.8. The van der Waals surface area contributed by atoms with Crippen LogP contribution in [0.4, 0.5) is 0 Å². The molecule has 0 unspecified atom stereocenters. The van der Waals surface area contributed by atoms with Crippen LogP contribution in [0.3, 0.4) is 0 Å². The van der Waals surface area contributed by atoms with Crippen LogP contribution in [-0.2, 0) is 17.3 Å². The Bertz CT molecular complexity index is 984. The van der Waals surface area contributed by atoms with Crippen LogP contribution in [0.2, 0.25) is 0 Å². The number of pyridine rings is 1. The van der Waals surface area contributed by atoms with Gasteiger partial charge >= 0.3 is 0 Å². The molecule has 6 nitrogen and oxygen atoms in total. The molecule has 0 saturated carbocycles. The Kier molecular flexibility index (Phi) is 5.40. The SMILES string of the molecule is Cc1ccc([C@H](C)NC(=O)COc2ccc3c(C(C)(C)C)nn(C)c3n2)cc1. The second-order valence-electron chi connectivity index (χ2n) is 8.23. The third kappa shape index (κ3) is 4.32. The van der Waals surface area contributed by atoms with Gasteiger partial charge in [0.05, 0.1) is 11.7 Å². The number of amides is 1. The van der Waals surface area contributed by atoms with Crippen molar-refractivity contribution in [3.63, 3.8) is 0 Å². The lowest BCUT2D eigenvalue weighted by Gasteiger charge is -2.15. The zero-order chi connectivity index (χ0) is 20.5. The highest BCUT2D eigenvalue weighted by Gasteiger charge is 2.22. The minimum absolute atomic E-state index is 0.0738. The highest BCUT2D eigenvalue weighted by Crippen LogP contribution is 2.29. The summed E-state index contributed by atoms with van der Waals surface area (Å²) in [5, 5.41) is 8.54. The van der Waals surface area contributed by atoms with E-state index < -0.39 is 0 Å². The minimum Gasteiger partial charge on any atom is -0.468 e. The summed E-state index contributed by atoms with van der Waals surface area (Å²) in [6, 6.07) is 11.8. The second-order valence-corrected chi connectivity index (χ2v) is 8.23. The average Bonchev–Trinajstić information content (AvgIpc) is 2.97. The number of aryl methyl sites for hydroxylation is 2. The van der Waals surface area contributed by atoms with Gasteiger partial charge in [0.15, 0.2) is 12.3 Å². The van der Waals surface area contributed by atoms with Crippen LogP contribution >= 0.6 is 0 Å². The van der Waals surface area contributed by atoms with Crippen molar-refractivity contribution in [3.05, 3.63) is 53.2 Å². The van der Waals surface area contributed by atoms with E-state index in [-0.39, 0.29) is 24.0 Å². The van der Waals surface area contributed by atoms with Gasteiger partial charge in [0.2, 0.25) is 5.88 Å². The topological polar surface area (TPSA) is 69.0 Å². The van der Waals surface area contributed by atoms with Crippen LogP contribution in [0.15, 0.2) is 36.4 Å². The number of carbonyl (C=O) groups is 1. The van der Waals surface area contributed by atoms with Crippen LogP contribution in [-0.4, -0.2) is 27.3 Å². The molecule has 3 aromatic rings. The first-order valence-corrected chi connectivity index (χ1v) is 9.48. The summed E-state index contributed by atoms with van der Waals surface area (Å²) in [7, 11) is 1.87. The fourth-order valence-electron chi connectivity index (χ4n) is 3.11. The van der Waals surface area contributed by atoms with E-state index in [1.54, 1.807) is 10.7 Å². The van der Waals surface area contributed by atoms with Crippen molar-refractivity contribution in [2.24, 2.45) is 7.05 Å². The van der Waals surface area contributed by atoms with Crippen molar-refractivity contribution in [1.82, 2.24) is 20.1 Å². The molecule has 2 heterocycles. The third-order valence-electron chi connectivity index (χ3n) is 4.68. The number of aromatic nitrogens is 3. The van der Waals surface area contributed by atoms with Gasteiger partial charge in [-0.1, -0.05) is 50.6 Å². The van der Waals surface area contributed by atoms with Gasteiger partial charge in [0, 0.05) is 23.9 Å². The molecule has 0 fully saturated rings. The maximum absolute atomic E-state index is 12.3. The summed E-state index contributed by atoms with van der Waals surface area (Å²) in [6.45, 7) is 10.3. The Balaban J connectivity index is 1.65. The molecule has 0 spiro atoms. The number of hydrogen-bond acceptors (Lipinski definition) is 4. The molecule has 0 bridgehead atoms. The summed E-state index contributed by atoms with van der Waals surface area (Å²) < 4.78 is 7.37. The van der Waals surface area contributed by atoms with Gasteiger partial charge in [0.1, 0.15) is 0 Å². The number of ether oxygens (including phenoxy) is 1. The second kappa shape index (κ2) is 7.62. The van der Waals surface area contributed by atoms with Gasteiger partial charge in [-0.05, 0) is 25.5 Å². The van der Waals surface area contributed by atoms with Crippen molar-refractivity contribution < 1.29 is 9.53 Å². The molecule has 2 aromatic heterocycles. The molecule has 1 atom stereocenters. The lowest BCUT2D eigenvalue weighted by Crippen LogP contribution is -2.31. The Labute approximate surface area is 165 Å². The van der Waals surface area contributed by atoms with Crippen LogP contribution in [0.5, 0.6) is 5.88 Å². The van der Waals surface area contributed by atoms with Crippen molar-refractivity contribution in [1.29, 1.82) is 0 Å². The van der Waals surface area contributed by atoms with Crippen molar-refractivity contribution in [3.8, 4) is 5.88 Å². The van der Waals surface area contributed by atoms with Crippen LogP contribution in [0.1, 0.15) is 50.6 Å². The van der Waals surface area contributed by atoms with Gasteiger partial charge in [-0.25, -0.2) is 0 Å². The quantitative estimate of drug-likeness (QED) is 0.730. The van der Waals surface area contributed by atoms with Gasteiger partial charge < -0.3 is 10.1 Å². The first kappa shape index (κ1) is 19.9. The van der Waals surface area contributed by atoms with E-state index in [2.05, 4.69) is 36.2 Å². The zero-order valence-corrected chi connectivity index (χ0v) is 17.4. The number of nitrogens with zero attached hydrogens (tertiary/aromatic N) is 3. The van der Waals surface area contributed by atoms with Gasteiger partial charge in [-0.15, -0.1) is 0 Å². The zero-order valence-electron chi connectivity index (χ0n) is 17.4. The molecule has 148 valence electrons.